The highest BCUT2D eigenvalue weighted by atomic mass is 16.2. The molecule has 5 heteroatoms. The Bertz CT molecular complexity index is 902. The molecular formula is C22H24N2O3. The molecule has 2 N–H and O–H groups in total. The van der Waals surface area contributed by atoms with Crippen molar-refractivity contribution in [2.24, 2.45) is 0 Å². The van der Waals surface area contributed by atoms with Crippen molar-refractivity contribution in [3.8, 4) is 0 Å². The van der Waals surface area contributed by atoms with Crippen molar-refractivity contribution in [2.75, 3.05) is 10.6 Å². The third kappa shape index (κ3) is 5.38. The molecule has 5 nitrogen and oxygen atoms in total. The number of Topliss-reactive ketones (excluding diaryl/α,β-unsaturated/α-hetero) is 1. The van der Waals surface area contributed by atoms with E-state index < -0.39 is 5.91 Å². The summed E-state index contributed by atoms with van der Waals surface area (Å²) in [6.45, 7) is 8.95. The lowest BCUT2D eigenvalue weighted by Crippen LogP contribution is -2.17. The highest BCUT2D eigenvalue weighted by Gasteiger charge is 2.11. The van der Waals surface area contributed by atoms with Gasteiger partial charge in [-0.1, -0.05) is 17.7 Å². The molecule has 2 aromatic rings. The molecule has 2 rings (SSSR count). The van der Waals surface area contributed by atoms with Gasteiger partial charge in [-0.2, -0.15) is 0 Å². The van der Waals surface area contributed by atoms with Gasteiger partial charge < -0.3 is 10.6 Å². The van der Waals surface area contributed by atoms with E-state index >= 15 is 0 Å². The topological polar surface area (TPSA) is 75.3 Å². The van der Waals surface area contributed by atoms with Crippen LogP contribution < -0.4 is 10.6 Å². The summed E-state index contributed by atoms with van der Waals surface area (Å²) in [5, 5.41) is 5.55. The number of ketones is 1. The number of rotatable bonds is 5. The van der Waals surface area contributed by atoms with E-state index in [0.717, 1.165) is 22.4 Å². The first-order valence-corrected chi connectivity index (χ1v) is 8.67. The fourth-order valence-electron chi connectivity index (χ4n) is 2.82. The summed E-state index contributed by atoms with van der Waals surface area (Å²) < 4.78 is 0. The fourth-order valence-corrected chi connectivity index (χ4v) is 2.82. The molecule has 0 radical (unpaired) electrons. The Hall–Kier alpha value is -3.21. The van der Waals surface area contributed by atoms with Crippen molar-refractivity contribution in [3.63, 3.8) is 0 Å². The summed E-state index contributed by atoms with van der Waals surface area (Å²) in [5.74, 6) is -0.773. The largest absolute Gasteiger partial charge is 0.323 e. The number of carbonyl (C=O) groups is 3. The summed E-state index contributed by atoms with van der Waals surface area (Å²) in [6, 6.07) is 10.6. The first-order valence-electron chi connectivity index (χ1n) is 8.67. The second-order valence-electron chi connectivity index (χ2n) is 6.68. The molecular weight excluding hydrogens is 340 g/mol. The van der Waals surface area contributed by atoms with Gasteiger partial charge in [0.1, 0.15) is 0 Å². The maximum absolute atomic E-state index is 12.4. The van der Waals surface area contributed by atoms with Crippen LogP contribution in [-0.4, -0.2) is 17.6 Å². The van der Waals surface area contributed by atoms with Crippen LogP contribution >= 0.6 is 0 Å². The average Bonchev–Trinajstić information content (AvgIpc) is 2.58. The molecule has 0 aliphatic rings. The molecule has 0 saturated carbocycles. The first kappa shape index (κ1) is 20.1. The van der Waals surface area contributed by atoms with Crippen molar-refractivity contribution >= 4 is 29.0 Å². The zero-order valence-corrected chi connectivity index (χ0v) is 16.3. The quantitative estimate of drug-likeness (QED) is 0.612. The van der Waals surface area contributed by atoms with Gasteiger partial charge in [0.2, 0.25) is 5.91 Å². The Kier molecular flexibility index (Phi) is 6.29. The van der Waals surface area contributed by atoms with E-state index in [9.17, 15) is 14.4 Å². The Labute approximate surface area is 159 Å². The van der Waals surface area contributed by atoms with Crippen LogP contribution in [0.5, 0.6) is 0 Å². The van der Waals surface area contributed by atoms with Crippen LogP contribution in [0.25, 0.3) is 0 Å². The highest BCUT2D eigenvalue weighted by Crippen LogP contribution is 2.22. The predicted octanol–water partition coefficient (Wildman–Crippen LogP) is 4.34. The molecule has 0 bridgehead atoms. The lowest BCUT2D eigenvalue weighted by atomic mass is 10.0. The van der Waals surface area contributed by atoms with Crippen molar-refractivity contribution in [2.45, 2.75) is 34.6 Å². The lowest BCUT2D eigenvalue weighted by molar-refractivity contribution is -0.114. The SMILES string of the molecule is CC(=O)c1ccc(NC(=O)/C=C(/C)C(=O)Nc2c(C)cc(C)cc2C)cc1. The number of hydrogen-bond donors (Lipinski definition) is 2. The van der Waals surface area contributed by atoms with Crippen LogP contribution in [0.1, 0.15) is 40.9 Å². The average molecular weight is 364 g/mol. The molecule has 2 amide bonds. The van der Waals surface area contributed by atoms with E-state index in [4.69, 9.17) is 0 Å². The lowest BCUT2D eigenvalue weighted by Gasteiger charge is -2.13. The van der Waals surface area contributed by atoms with E-state index in [1.807, 2.05) is 32.9 Å². The smallest absolute Gasteiger partial charge is 0.251 e. The molecule has 0 aromatic heterocycles. The highest BCUT2D eigenvalue weighted by molar-refractivity contribution is 6.10. The van der Waals surface area contributed by atoms with Crippen LogP contribution in [0, 0.1) is 20.8 Å². The first-order chi connectivity index (χ1) is 12.7. The molecule has 0 saturated heterocycles. The number of benzene rings is 2. The number of hydrogen-bond acceptors (Lipinski definition) is 3. The van der Waals surface area contributed by atoms with Crippen molar-refractivity contribution in [1.82, 2.24) is 0 Å². The normalized spacial score (nSPS) is 11.1. The monoisotopic (exact) mass is 364 g/mol. The molecule has 0 aliphatic heterocycles. The van der Waals surface area contributed by atoms with E-state index in [2.05, 4.69) is 10.6 Å². The zero-order valence-electron chi connectivity index (χ0n) is 16.3. The van der Waals surface area contributed by atoms with E-state index in [1.165, 1.54) is 13.0 Å². The summed E-state index contributed by atoms with van der Waals surface area (Å²) >= 11 is 0. The van der Waals surface area contributed by atoms with Gasteiger partial charge in [-0.3, -0.25) is 14.4 Å². The Morgan fingerprint density at radius 1 is 0.852 bits per heavy atom. The minimum atomic E-state index is -0.407. The van der Waals surface area contributed by atoms with Crippen LogP contribution in [0.3, 0.4) is 0 Å². The molecule has 0 unspecified atom stereocenters. The maximum Gasteiger partial charge on any atom is 0.251 e. The molecule has 0 fully saturated rings. The third-order valence-electron chi connectivity index (χ3n) is 4.18. The maximum atomic E-state index is 12.4. The van der Waals surface area contributed by atoms with Gasteiger partial charge in [0.15, 0.2) is 5.78 Å². The van der Waals surface area contributed by atoms with Crippen molar-refractivity contribution in [3.05, 3.63) is 70.3 Å². The third-order valence-corrected chi connectivity index (χ3v) is 4.18. The van der Waals surface area contributed by atoms with Crippen LogP contribution in [0.15, 0.2) is 48.0 Å². The minimum Gasteiger partial charge on any atom is -0.323 e. The number of anilines is 2. The Morgan fingerprint density at radius 2 is 1.41 bits per heavy atom. The minimum absolute atomic E-state index is 0.0398. The van der Waals surface area contributed by atoms with Gasteiger partial charge in [-0.25, -0.2) is 0 Å². The van der Waals surface area contributed by atoms with Crippen LogP contribution in [0.4, 0.5) is 11.4 Å². The molecule has 0 atom stereocenters. The Balaban J connectivity index is 2.06. The molecule has 0 heterocycles. The standard InChI is InChI=1S/C22H24N2O3/c1-13-10-14(2)21(15(3)11-13)24-22(27)16(4)12-20(26)23-19-8-6-18(7-9-19)17(5)25/h6-12H,1-5H3,(H,23,26)(H,24,27)/b16-12-. The second-order valence-corrected chi connectivity index (χ2v) is 6.68. The molecule has 0 aliphatic carbocycles. The van der Waals surface area contributed by atoms with E-state index in [-0.39, 0.29) is 11.7 Å². The molecule has 140 valence electrons. The van der Waals surface area contributed by atoms with Crippen LogP contribution in [0.2, 0.25) is 0 Å². The molecule has 2 aromatic carbocycles. The number of carbonyl (C=O) groups excluding carboxylic acids is 3. The predicted molar refractivity (Wildman–Crippen MR) is 108 cm³/mol. The Morgan fingerprint density at radius 3 is 1.93 bits per heavy atom. The number of amides is 2. The van der Waals surface area contributed by atoms with Crippen LogP contribution in [-0.2, 0) is 9.59 Å². The number of aryl methyl sites for hydroxylation is 3. The van der Waals surface area contributed by atoms with Crippen molar-refractivity contribution in [1.29, 1.82) is 0 Å². The summed E-state index contributed by atoms with van der Waals surface area (Å²) in [6.07, 6.45) is 1.26. The van der Waals surface area contributed by atoms with Gasteiger partial charge in [-0.05, 0) is 70.0 Å². The van der Waals surface area contributed by atoms with Gasteiger partial charge in [0.25, 0.3) is 5.91 Å². The summed E-state index contributed by atoms with van der Waals surface area (Å²) in [5.41, 5.74) is 5.27. The number of nitrogens with one attached hydrogen (secondary N) is 2. The zero-order chi connectivity index (χ0) is 20.1. The molecule has 27 heavy (non-hydrogen) atoms. The second kappa shape index (κ2) is 8.45. The van der Waals surface area contributed by atoms with Gasteiger partial charge in [-0.15, -0.1) is 0 Å². The van der Waals surface area contributed by atoms with Gasteiger partial charge in [0.05, 0.1) is 0 Å². The van der Waals surface area contributed by atoms with Crippen molar-refractivity contribution < 1.29 is 14.4 Å². The fraction of sp³-hybridized carbons (Fsp3) is 0.227. The summed E-state index contributed by atoms with van der Waals surface area (Å²) in [4.78, 5) is 35.8. The molecule has 0 spiro atoms. The van der Waals surface area contributed by atoms with Gasteiger partial charge >= 0.3 is 0 Å². The van der Waals surface area contributed by atoms with E-state index in [0.29, 0.717) is 16.8 Å². The van der Waals surface area contributed by atoms with Gasteiger partial charge in [0, 0.05) is 28.6 Å². The summed E-state index contributed by atoms with van der Waals surface area (Å²) in [7, 11) is 0. The van der Waals surface area contributed by atoms with E-state index in [1.54, 1.807) is 31.2 Å².